The molecule has 4 N–H and O–H groups in total. The maximum Gasteiger partial charge on any atom is 0.287 e. The summed E-state index contributed by atoms with van der Waals surface area (Å²) >= 11 is 0. The molecule has 1 heterocycles. The van der Waals surface area contributed by atoms with Gasteiger partial charge in [0.2, 0.25) is 5.75 Å². The largest absolute Gasteiger partial charge is 0.493 e. The average molecular weight is 346 g/mol. The molecule has 1 aromatic carbocycles. The molecule has 25 heavy (non-hydrogen) atoms. The fourth-order valence-corrected chi connectivity index (χ4v) is 1.96. The Bertz CT molecular complexity index is 746. The van der Waals surface area contributed by atoms with Gasteiger partial charge in [0, 0.05) is 11.8 Å². The van der Waals surface area contributed by atoms with Crippen molar-refractivity contribution in [3.8, 4) is 17.2 Å². The van der Waals surface area contributed by atoms with Crippen LogP contribution in [0.15, 0.2) is 35.6 Å². The number of nitrogens with zero attached hydrogens (tertiary/aromatic N) is 1. The molecular formula is C16H18N4O5. The van der Waals surface area contributed by atoms with Crippen molar-refractivity contribution in [1.29, 1.82) is 0 Å². The number of aromatic amines is 1. The Labute approximate surface area is 143 Å². The summed E-state index contributed by atoms with van der Waals surface area (Å²) in [5.41, 5.74) is 8.45. The van der Waals surface area contributed by atoms with Crippen molar-refractivity contribution < 1.29 is 23.8 Å². The molecule has 2 aromatic rings. The molecule has 0 spiro atoms. The van der Waals surface area contributed by atoms with Gasteiger partial charge in [0.15, 0.2) is 18.1 Å². The molecular weight excluding hydrogens is 328 g/mol. The third-order valence-electron chi connectivity index (χ3n) is 3.06. The first-order valence-electron chi connectivity index (χ1n) is 7.19. The molecule has 2 amide bonds. The molecule has 0 saturated heterocycles. The fraction of sp³-hybridized carbons (Fsp3) is 0.188. The van der Waals surface area contributed by atoms with Crippen LogP contribution in [-0.2, 0) is 4.79 Å². The van der Waals surface area contributed by atoms with Crippen LogP contribution in [0.1, 0.15) is 16.1 Å². The topological polar surface area (TPSA) is 128 Å². The molecule has 2 rings (SSSR count). The van der Waals surface area contributed by atoms with E-state index in [1.165, 1.54) is 20.4 Å². The predicted molar refractivity (Wildman–Crippen MR) is 90.1 cm³/mol. The minimum Gasteiger partial charge on any atom is -0.493 e. The zero-order valence-corrected chi connectivity index (χ0v) is 13.7. The number of benzene rings is 1. The Morgan fingerprint density at radius 1 is 1.28 bits per heavy atom. The lowest BCUT2D eigenvalue weighted by Crippen LogP contribution is -2.20. The molecule has 0 radical (unpaired) electrons. The third-order valence-corrected chi connectivity index (χ3v) is 3.06. The number of aromatic nitrogens is 1. The Morgan fingerprint density at radius 2 is 1.96 bits per heavy atom. The van der Waals surface area contributed by atoms with Crippen molar-refractivity contribution in [2.45, 2.75) is 0 Å². The molecule has 0 fully saturated rings. The number of hydrazone groups is 1. The van der Waals surface area contributed by atoms with Gasteiger partial charge in [-0.25, -0.2) is 5.43 Å². The second-order valence-corrected chi connectivity index (χ2v) is 4.79. The summed E-state index contributed by atoms with van der Waals surface area (Å²) in [5, 5.41) is 3.88. The molecule has 0 bridgehead atoms. The first-order chi connectivity index (χ1) is 12.0. The highest BCUT2D eigenvalue weighted by molar-refractivity contribution is 5.93. The van der Waals surface area contributed by atoms with Crippen LogP contribution in [-0.4, -0.2) is 43.8 Å². The third kappa shape index (κ3) is 4.74. The van der Waals surface area contributed by atoms with Gasteiger partial charge in [-0.3, -0.25) is 9.59 Å². The van der Waals surface area contributed by atoms with E-state index in [4.69, 9.17) is 19.9 Å². The summed E-state index contributed by atoms with van der Waals surface area (Å²) in [6, 6.07) is 6.56. The van der Waals surface area contributed by atoms with Gasteiger partial charge in [0.1, 0.15) is 5.69 Å². The van der Waals surface area contributed by atoms with Crippen LogP contribution in [0.5, 0.6) is 17.2 Å². The number of nitrogens with two attached hydrogens (primary N) is 1. The molecule has 132 valence electrons. The molecule has 0 unspecified atom stereocenters. The number of carbonyl (C=O) groups excluding carboxylic acids is 2. The number of carbonyl (C=O) groups is 2. The summed E-state index contributed by atoms with van der Waals surface area (Å²) in [4.78, 5) is 25.4. The number of primary amides is 1. The van der Waals surface area contributed by atoms with E-state index in [2.05, 4.69) is 15.5 Å². The van der Waals surface area contributed by atoms with Gasteiger partial charge in [-0.15, -0.1) is 0 Å². The molecule has 9 heteroatoms. The van der Waals surface area contributed by atoms with E-state index < -0.39 is 5.91 Å². The number of rotatable bonds is 8. The molecule has 0 atom stereocenters. The van der Waals surface area contributed by atoms with E-state index in [1.54, 1.807) is 30.5 Å². The van der Waals surface area contributed by atoms with Crippen molar-refractivity contribution in [3.63, 3.8) is 0 Å². The van der Waals surface area contributed by atoms with E-state index in [1.807, 2.05) is 0 Å². The second kappa shape index (κ2) is 8.39. The van der Waals surface area contributed by atoms with E-state index in [0.717, 1.165) is 0 Å². The van der Waals surface area contributed by atoms with Gasteiger partial charge in [-0.2, -0.15) is 5.10 Å². The van der Waals surface area contributed by atoms with E-state index in [0.29, 0.717) is 22.8 Å². The normalized spacial score (nSPS) is 10.5. The van der Waals surface area contributed by atoms with Crippen molar-refractivity contribution >= 4 is 18.0 Å². The van der Waals surface area contributed by atoms with E-state index in [9.17, 15) is 9.59 Å². The predicted octanol–water partition coefficient (Wildman–Crippen LogP) is 0.660. The lowest BCUT2D eigenvalue weighted by molar-refractivity contribution is -0.120. The molecule has 0 aliphatic heterocycles. The standard InChI is InChI=1S/C16H18N4O5/c1-23-12-6-10(7-13(24-2)15(12)25-9-14(17)21)8-19-20-16(22)11-4-3-5-18-11/h3-8,18H,9H2,1-2H3,(H2,17,21)(H,20,22)/b19-8-. The monoisotopic (exact) mass is 346 g/mol. The smallest absolute Gasteiger partial charge is 0.287 e. The molecule has 0 aliphatic carbocycles. The Kier molecular flexibility index (Phi) is 5.99. The summed E-state index contributed by atoms with van der Waals surface area (Å²) in [5.74, 6) is -0.0878. The molecule has 9 nitrogen and oxygen atoms in total. The summed E-state index contributed by atoms with van der Waals surface area (Å²) < 4.78 is 15.8. The highest BCUT2D eigenvalue weighted by atomic mass is 16.5. The van der Waals surface area contributed by atoms with Crippen LogP contribution >= 0.6 is 0 Å². The minimum absolute atomic E-state index is 0.247. The Hall–Kier alpha value is -3.49. The SMILES string of the molecule is COc1cc(/C=N\NC(=O)c2ccc[nH]2)cc(OC)c1OCC(N)=O. The zero-order valence-electron chi connectivity index (χ0n) is 13.7. The summed E-state index contributed by atoms with van der Waals surface area (Å²) in [6.07, 6.45) is 3.06. The highest BCUT2D eigenvalue weighted by Gasteiger charge is 2.14. The van der Waals surface area contributed by atoms with Gasteiger partial charge in [-0.1, -0.05) is 0 Å². The van der Waals surface area contributed by atoms with Crippen LogP contribution in [0.3, 0.4) is 0 Å². The number of methoxy groups -OCH3 is 2. The fourth-order valence-electron chi connectivity index (χ4n) is 1.96. The van der Waals surface area contributed by atoms with Gasteiger partial charge in [-0.05, 0) is 24.3 Å². The quantitative estimate of drug-likeness (QED) is 0.478. The van der Waals surface area contributed by atoms with Crippen molar-refractivity contribution in [2.75, 3.05) is 20.8 Å². The highest BCUT2D eigenvalue weighted by Crippen LogP contribution is 2.38. The summed E-state index contributed by atoms with van der Waals surface area (Å²) in [7, 11) is 2.89. The van der Waals surface area contributed by atoms with Crippen molar-refractivity contribution in [1.82, 2.24) is 10.4 Å². The van der Waals surface area contributed by atoms with Crippen molar-refractivity contribution in [3.05, 3.63) is 41.7 Å². The Morgan fingerprint density at radius 3 is 2.48 bits per heavy atom. The van der Waals surface area contributed by atoms with Crippen LogP contribution < -0.4 is 25.4 Å². The number of hydrogen-bond acceptors (Lipinski definition) is 6. The second-order valence-electron chi connectivity index (χ2n) is 4.79. The first kappa shape index (κ1) is 17.9. The maximum absolute atomic E-state index is 11.8. The van der Waals surface area contributed by atoms with E-state index in [-0.39, 0.29) is 18.3 Å². The van der Waals surface area contributed by atoms with Gasteiger partial charge in [0.25, 0.3) is 11.8 Å². The zero-order chi connectivity index (χ0) is 18.2. The van der Waals surface area contributed by atoms with Gasteiger partial charge < -0.3 is 24.9 Å². The first-order valence-corrected chi connectivity index (χ1v) is 7.19. The minimum atomic E-state index is -0.623. The summed E-state index contributed by atoms with van der Waals surface area (Å²) in [6.45, 7) is -0.313. The van der Waals surface area contributed by atoms with Crippen LogP contribution in [0.4, 0.5) is 0 Å². The molecule has 1 aromatic heterocycles. The van der Waals surface area contributed by atoms with Gasteiger partial charge in [0.05, 0.1) is 20.4 Å². The molecule has 0 saturated carbocycles. The van der Waals surface area contributed by atoms with Crippen LogP contribution in [0, 0.1) is 0 Å². The number of amides is 2. The van der Waals surface area contributed by atoms with Crippen LogP contribution in [0.25, 0.3) is 0 Å². The number of hydrogen-bond donors (Lipinski definition) is 3. The Balaban J connectivity index is 2.16. The lowest BCUT2D eigenvalue weighted by atomic mass is 10.2. The maximum atomic E-state index is 11.8. The van der Waals surface area contributed by atoms with Gasteiger partial charge >= 0.3 is 0 Å². The average Bonchev–Trinajstić information content (AvgIpc) is 3.14. The number of ether oxygens (including phenoxy) is 3. The molecule has 0 aliphatic rings. The van der Waals surface area contributed by atoms with Crippen molar-refractivity contribution in [2.24, 2.45) is 10.8 Å². The lowest BCUT2D eigenvalue weighted by Gasteiger charge is -2.14. The number of H-pyrrole nitrogens is 1. The van der Waals surface area contributed by atoms with E-state index >= 15 is 0 Å². The number of nitrogens with one attached hydrogen (secondary N) is 2. The van der Waals surface area contributed by atoms with Crippen LogP contribution in [0.2, 0.25) is 0 Å².